The average Bonchev–Trinajstić information content (AvgIpc) is 2.30. The third-order valence-corrected chi connectivity index (χ3v) is 2.85. The topological polar surface area (TPSA) is 75.6 Å². The highest BCUT2D eigenvalue weighted by Gasteiger charge is 2.20. The smallest absolute Gasteiger partial charge is 0.339 e. The molecule has 0 aliphatic rings. The highest BCUT2D eigenvalue weighted by atomic mass is 35.5. The Balaban J connectivity index is 2.95. The molecule has 0 aliphatic heterocycles. The Morgan fingerprint density at radius 1 is 1.25 bits per heavy atom. The first-order valence-corrected chi connectivity index (χ1v) is 6.52. The van der Waals surface area contributed by atoms with Crippen LogP contribution in [0.15, 0.2) is 12.1 Å². The molecule has 110 valence electrons. The second-order valence-electron chi connectivity index (χ2n) is 5.03. The molecule has 1 amide bonds. The Kier molecular flexibility index (Phi) is 5.39. The van der Waals surface area contributed by atoms with Crippen molar-refractivity contribution < 1.29 is 19.4 Å². The quantitative estimate of drug-likeness (QED) is 0.891. The monoisotopic (exact) mass is 319 g/mol. The molecule has 5 nitrogen and oxygen atoms in total. The first-order chi connectivity index (χ1) is 9.11. The predicted molar refractivity (Wildman–Crippen MR) is 77.8 cm³/mol. The molecule has 1 aromatic carbocycles. The van der Waals surface area contributed by atoms with Crippen molar-refractivity contribution in [2.45, 2.75) is 26.4 Å². The minimum absolute atomic E-state index is 0.00561. The third-order valence-electron chi connectivity index (χ3n) is 2.22. The lowest BCUT2D eigenvalue weighted by Crippen LogP contribution is -2.27. The summed E-state index contributed by atoms with van der Waals surface area (Å²) in [5.74, 6) is -1.78. The second-order valence-corrected chi connectivity index (χ2v) is 5.85. The van der Waals surface area contributed by atoms with E-state index in [9.17, 15) is 9.59 Å². The van der Waals surface area contributed by atoms with Crippen LogP contribution in [0.3, 0.4) is 0 Å². The van der Waals surface area contributed by atoms with Crippen LogP contribution in [0.4, 0.5) is 5.69 Å². The van der Waals surface area contributed by atoms with Crippen LogP contribution in [0.1, 0.15) is 31.1 Å². The normalized spacial score (nSPS) is 11.2. The maximum atomic E-state index is 11.8. The molecule has 0 saturated carbocycles. The number of benzene rings is 1. The number of carboxylic acids is 1. The Morgan fingerprint density at radius 2 is 1.80 bits per heavy atom. The molecule has 0 bridgehead atoms. The van der Waals surface area contributed by atoms with Crippen molar-refractivity contribution in [2.24, 2.45) is 0 Å². The fraction of sp³-hybridized carbons (Fsp3) is 0.385. The number of carbonyl (C=O) groups excluding carboxylic acids is 1. The van der Waals surface area contributed by atoms with Gasteiger partial charge in [0.25, 0.3) is 0 Å². The fourth-order valence-electron chi connectivity index (χ4n) is 1.34. The highest BCUT2D eigenvalue weighted by molar-refractivity contribution is 6.38. The van der Waals surface area contributed by atoms with Gasteiger partial charge in [0.15, 0.2) is 0 Å². The molecule has 0 spiro atoms. The zero-order valence-electron chi connectivity index (χ0n) is 11.3. The number of hydrogen-bond donors (Lipinski definition) is 2. The molecule has 0 unspecified atom stereocenters. The van der Waals surface area contributed by atoms with Crippen molar-refractivity contribution in [1.82, 2.24) is 0 Å². The van der Waals surface area contributed by atoms with Gasteiger partial charge in [-0.25, -0.2) is 4.79 Å². The number of amides is 1. The van der Waals surface area contributed by atoms with Crippen LogP contribution in [-0.2, 0) is 9.53 Å². The molecule has 0 saturated heterocycles. The first kappa shape index (κ1) is 16.8. The Morgan fingerprint density at radius 3 is 2.30 bits per heavy atom. The van der Waals surface area contributed by atoms with E-state index >= 15 is 0 Å². The van der Waals surface area contributed by atoms with Crippen molar-refractivity contribution in [1.29, 1.82) is 0 Å². The van der Waals surface area contributed by atoms with E-state index < -0.39 is 17.5 Å². The van der Waals surface area contributed by atoms with Crippen molar-refractivity contribution >= 4 is 40.8 Å². The van der Waals surface area contributed by atoms with Crippen LogP contribution in [0.2, 0.25) is 10.0 Å². The number of carbonyl (C=O) groups is 2. The van der Waals surface area contributed by atoms with E-state index in [1.807, 2.05) is 0 Å². The summed E-state index contributed by atoms with van der Waals surface area (Å²) in [4.78, 5) is 22.9. The number of ether oxygens (including phenoxy) is 1. The number of rotatable bonds is 4. The van der Waals surface area contributed by atoms with Gasteiger partial charge in [0.2, 0.25) is 5.91 Å². The Hall–Kier alpha value is -1.30. The molecule has 0 aliphatic carbocycles. The van der Waals surface area contributed by atoms with Gasteiger partial charge in [-0.1, -0.05) is 23.2 Å². The molecular formula is C13H15Cl2NO4. The number of hydrogen-bond acceptors (Lipinski definition) is 3. The summed E-state index contributed by atoms with van der Waals surface area (Å²) < 4.78 is 5.30. The van der Waals surface area contributed by atoms with Gasteiger partial charge < -0.3 is 15.2 Å². The number of halogens is 2. The van der Waals surface area contributed by atoms with E-state index in [2.05, 4.69) is 5.32 Å². The van der Waals surface area contributed by atoms with Gasteiger partial charge in [-0.05, 0) is 32.9 Å². The summed E-state index contributed by atoms with van der Waals surface area (Å²) in [5.41, 5.74) is -0.761. The Labute approximate surface area is 126 Å². The maximum absolute atomic E-state index is 11.8. The lowest BCUT2D eigenvalue weighted by Gasteiger charge is -2.19. The largest absolute Gasteiger partial charge is 0.478 e. The summed E-state index contributed by atoms with van der Waals surface area (Å²) in [6.45, 7) is 5.19. The molecule has 0 fully saturated rings. The van der Waals surface area contributed by atoms with Gasteiger partial charge >= 0.3 is 5.97 Å². The number of anilines is 1. The van der Waals surface area contributed by atoms with Gasteiger partial charge in [0.1, 0.15) is 12.2 Å². The number of carboxylic acid groups (broad SMARTS) is 1. The van der Waals surface area contributed by atoms with Crippen LogP contribution in [0.5, 0.6) is 0 Å². The van der Waals surface area contributed by atoms with E-state index in [1.54, 1.807) is 20.8 Å². The third kappa shape index (κ3) is 4.67. The van der Waals surface area contributed by atoms with E-state index in [-0.39, 0.29) is 27.9 Å². The maximum Gasteiger partial charge on any atom is 0.339 e. The number of nitrogens with one attached hydrogen (secondary N) is 1. The predicted octanol–water partition coefficient (Wildman–Crippen LogP) is 3.45. The summed E-state index contributed by atoms with van der Waals surface area (Å²) in [6, 6.07) is 2.77. The molecular weight excluding hydrogens is 305 g/mol. The van der Waals surface area contributed by atoms with Gasteiger partial charge in [-0.15, -0.1) is 0 Å². The van der Waals surface area contributed by atoms with Crippen LogP contribution < -0.4 is 5.32 Å². The lowest BCUT2D eigenvalue weighted by atomic mass is 10.1. The molecule has 20 heavy (non-hydrogen) atoms. The molecule has 1 aromatic rings. The summed E-state index contributed by atoms with van der Waals surface area (Å²) in [5, 5.41) is 11.6. The van der Waals surface area contributed by atoms with Gasteiger partial charge in [0.05, 0.1) is 21.3 Å². The summed E-state index contributed by atoms with van der Waals surface area (Å²) in [7, 11) is 0. The van der Waals surface area contributed by atoms with E-state index in [1.165, 1.54) is 12.1 Å². The van der Waals surface area contributed by atoms with Crippen molar-refractivity contribution in [2.75, 3.05) is 11.9 Å². The van der Waals surface area contributed by atoms with Crippen LogP contribution in [-0.4, -0.2) is 29.2 Å². The molecule has 7 heteroatoms. The standard InChI is InChI=1S/C13H15Cl2NO4/c1-13(2,3)20-6-9(17)16-11-8(15)5-4-7(14)10(11)12(18)19/h4-5H,6H2,1-3H3,(H,16,17)(H,18,19). The zero-order chi connectivity index (χ0) is 15.5. The summed E-state index contributed by atoms with van der Waals surface area (Å²) >= 11 is 11.7. The SMILES string of the molecule is CC(C)(C)OCC(=O)Nc1c(Cl)ccc(Cl)c1C(=O)O. The van der Waals surface area contributed by atoms with E-state index in [4.69, 9.17) is 33.0 Å². The Bertz CT molecular complexity index is 538. The molecule has 0 heterocycles. The van der Waals surface area contributed by atoms with Crippen molar-refractivity contribution in [3.63, 3.8) is 0 Å². The molecule has 0 atom stereocenters. The fourth-order valence-corrected chi connectivity index (χ4v) is 1.78. The van der Waals surface area contributed by atoms with Gasteiger partial charge in [0, 0.05) is 0 Å². The van der Waals surface area contributed by atoms with Crippen LogP contribution in [0.25, 0.3) is 0 Å². The first-order valence-electron chi connectivity index (χ1n) is 5.77. The van der Waals surface area contributed by atoms with Crippen LogP contribution >= 0.6 is 23.2 Å². The highest BCUT2D eigenvalue weighted by Crippen LogP contribution is 2.31. The molecule has 2 N–H and O–H groups in total. The van der Waals surface area contributed by atoms with E-state index in [0.29, 0.717) is 0 Å². The zero-order valence-corrected chi connectivity index (χ0v) is 12.8. The van der Waals surface area contributed by atoms with Gasteiger partial charge in [-0.2, -0.15) is 0 Å². The van der Waals surface area contributed by atoms with Crippen LogP contribution in [0, 0.1) is 0 Å². The summed E-state index contributed by atoms with van der Waals surface area (Å²) in [6.07, 6.45) is 0. The molecule has 0 radical (unpaired) electrons. The van der Waals surface area contributed by atoms with Crippen molar-refractivity contribution in [3.8, 4) is 0 Å². The molecule has 0 aromatic heterocycles. The second kappa shape index (κ2) is 6.43. The average molecular weight is 320 g/mol. The molecule has 1 rings (SSSR count). The minimum Gasteiger partial charge on any atom is -0.478 e. The van der Waals surface area contributed by atoms with Gasteiger partial charge in [-0.3, -0.25) is 4.79 Å². The van der Waals surface area contributed by atoms with E-state index in [0.717, 1.165) is 0 Å². The minimum atomic E-state index is -1.27. The number of aromatic carboxylic acids is 1. The lowest BCUT2D eigenvalue weighted by molar-refractivity contribution is -0.125. The van der Waals surface area contributed by atoms with Crippen molar-refractivity contribution in [3.05, 3.63) is 27.7 Å².